The van der Waals surface area contributed by atoms with E-state index in [2.05, 4.69) is 25.2 Å². The van der Waals surface area contributed by atoms with Gasteiger partial charge in [-0.25, -0.2) is 9.67 Å². The molecule has 4 heterocycles. The minimum absolute atomic E-state index is 0.0198. The number of furan rings is 1. The van der Waals surface area contributed by atoms with E-state index in [4.69, 9.17) is 4.42 Å². The number of rotatable bonds is 4. The number of hydrogen-bond donors (Lipinski definition) is 0. The van der Waals surface area contributed by atoms with Gasteiger partial charge in [0.15, 0.2) is 11.6 Å². The van der Waals surface area contributed by atoms with Gasteiger partial charge in [0, 0.05) is 32.3 Å². The second-order valence-corrected chi connectivity index (χ2v) is 5.75. The summed E-state index contributed by atoms with van der Waals surface area (Å²) < 4.78 is 6.75. The van der Waals surface area contributed by atoms with Gasteiger partial charge < -0.3 is 14.2 Å². The largest absolute Gasteiger partial charge is 0.465 e. The van der Waals surface area contributed by atoms with E-state index in [1.165, 1.54) is 6.33 Å². The summed E-state index contributed by atoms with van der Waals surface area (Å²) in [6.07, 6.45) is 7.83. The molecule has 1 saturated heterocycles. The Morgan fingerprint density at radius 3 is 2.54 bits per heavy atom. The summed E-state index contributed by atoms with van der Waals surface area (Å²) in [6, 6.07) is 7.35. The number of piperazine rings is 1. The summed E-state index contributed by atoms with van der Waals surface area (Å²) in [5.41, 5.74) is 0. The summed E-state index contributed by atoms with van der Waals surface area (Å²) in [7, 11) is 0. The molecular formula is C17H17N7O2. The van der Waals surface area contributed by atoms with Crippen molar-refractivity contribution >= 4 is 17.8 Å². The number of nitrogens with zero attached hydrogens (tertiary/aromatic N) is 7. The Hall–Kier alpha value is -3.49. The lowest BCUT2D eigenvalue weighted by Gasteiger charge is -2.34. The molecule has 0 bridgehead atoms. The van der Waals surface area contributed by atoms with Crippen LogP contribution in [-0.2, 0) is 4.79 Å². The summed E-state index contributed by atoms with van der Waals surface area (Å²) in [6.45, 7) is 2.68. The van der Waals surface area contributed by atoms with Crippen molar-refractivity contribution in [3.05, 3.63) is 55.0 Å². The van der Waals surface area contributed by atoms with Crippen LogP contribution in [-0.4, -0.2) is 61.9 Å². The third-order valence-corrected chi connectivity index (χ3v) is 4.14. The molecule has 0 aromatic carbocycles. The molecule has 1 amide bonds. The van der Waals surface area contributed by atoms with Gasteiger partial charge in [-0.15, -0.1) is 10.2 Å². The van der Waals surface area contributed by atoms with E-state index >= 15 is 0 Å². The summed E-state index contributed by atoms with van der Waals surface area (Å²) in [4.78, 5) is 20.1. The van der Waals surface area contributed by atoms with Crippen LogP contribution in [0.3, 0.4) is 0 Å². The predicted octanol–water partition coefficient (Wildman–Crippen LogP) is 1.01. The summed E-state index contributed by atoms with van der Waals surface area (Å²) >= 11 is 0. The maximum Gasteiger partial charge on any atom is 0.246 e. The monoisotopic (exact) mass is 351 g/mol. The quantitative estimate of drug-likeness (QED) is 0.648. The van der Waals surface area contributed by atoms with Crippen molar-refractivity contribution in [2.24, 2.45) is 0 Å². The molecule has 9 heteroatoms. The van der Waals surface area contributed by atoms with Crippen LogP contribution in [0, 0.1) is 0 Å². The lowest BCUT2D eigenvalue weighted by atomic mass is 10.3. The van der Waals surface area contributed by atoms with E-state index in [1.807, 2.05) is 23.1 Å². The minimum atomic E-state index is -0.0198. The van der Waals surface area contributed by atoms with Crippen LogP contribution < -0.4 is 4.90 Å². The van der Waals surface area contributed by atoms with Gasteiger partial charge in [-0.2, -0.15) is 5.10 Å². The fourth-order valence-electron chi connectivity index (χ4n) is 2.74. The molecule has 0 radical (unpaired) electrons. The molecule has 0 atom stereocenters. The van der Waals surface area contributed by atoms with Crippen molar-refractivity contribution in [3.63, 3.8) is 0 Å². The molecule has 0 spiro atoms. The van der Waals surface area contributed by atoms with E-state index in [0.29, 0.717) is 37.8 Å². The van der Waals surface area contributed by atoms with Crippen molar-refractivity contribution in [2.45, 2.75) is 0 Å². The molecule has 3 aromatic heterocycles. The topological polar surface area (TPSA) is 93.2 Å². The van der Waals surface area contributed by atoms with Gasteiger partial charge in [0.1, 0.15) is 18.4 Å². The smallest absolute Gasteiger partial charge is 0.246 e. The van der Waals surface area contributed by atoms with Crippen molar-refractivity contribution < 1.29 is 9.21 Å². The van der Waals surface area contributed by atoms with E-state index in [9.17, 15) is 4.79 Å². The first-order valence-corrected chi connectivity index (χ1v) is 8.24. The molecule has 0 N–H and O–H groups in total. The number of amides is 1. The molecule has 1 fully saturated rings. The number of anilines is 1. The lowest BCUT2D eigenvalue weighted by Crippen LogP contribution is -2.48. The van der Waals surface area contributed by atoms with E-state index < -0.39 is 0 Å². The molecule has 0 saturated carbocycles. The molecule has 3 aromatic rings. The zero-order valence-corrected chi connectivity index (χ0v) is 14.0. The van der Waals surface area contributed by atoms with Crippen molar-refractivity contribution in [3.8, 4) is 5.82 Å². The first kappa shape index (κ1) is 16.0. The van der Waals surface area contributed by atoms with Crippen LogP contribution in [0.25, 0.3) is 11.9 Å². The standard InChI is InChI=1S/C17H17N7O2/c25-17(6-3-14-2-1-11-26-14)23-9-7-22(8-10-23)15-4-5-16(21-20-15)24-13-18-12-19-24/h1-6,11-13H,7-10H2. The Morgan fingerprint density at radius 1 is 1.08 bits per heavy atom. The van der Waals surface area contributed by atoms with Gasteiger partial charge in [0.2, 0.25) is 5.91 Å². The van der Waals surface area contributed by atoms with E-state index in [0.717, 1.165) is 5.82 Å². The average Bonchev–Trinajstić information content (AvgIpc) is 3.40. The number of aromatic nitrogens is 5. The third kappa shape index (κ3) is 3.46. The molecule has 4 rings (SSSR count). The number of hydrogen-bond acceptors (Lipinski definition) is 7. The molecule has 0 aliphatic carbocycles. The highest BCUT2D eigenvalue weighted by atomic mass is 16.3. The van der Waals surface area contributed by atoms with Gasteiger partial charge in [-0.3, -0.25) is 4.79 Å². The summed E-state index contributed by atoms with van der Waals surface area (Å²) in [5, 5.41) is 12.5. The fourth-order valence-corrected chi connectivity index (χ4v) is 2.74. The maximum absolute atomic E-state index is 12.2. The van der Waals surface area contributed by atoms with Gasteiger partial charge in [-0.1, -0.05) is 0 Å². The molecule has 9 nitrogen and oxygen atoms in total. The molecular weight excluding hydrogens is 334 g/mol. The SMILES string of the molecule is O=C(C=Cc1ccco1)N1CCN(c2ccc(-n3cncn3)nn2)CC1. The molecule has 0 unspecified atom stereocenters. The zero-order chi connectivity index (χ0) is 17.8. The van der Waals surface area contributed by atoms with Crippen LogP contribution >= 0.6 is 0 Å². The van der Waals surface area contributed by atoms with Crippen molar-refractivity contribution in [1.29, 1.82) is 0 Å². The molecule has 1 aliphatic rings. The van der Waals surface area contributed by atoms with Crippen LogP contribution in [0.4, 0.5) is 5.82 Å². The zero-order valence-electron chi connectivity index (χ0n) is 14.0. The highest BCUT2D eigenvalue weighted by Gasteiger charge is 2.21. The van der Waals surface area contributed by atoms with Crippen LogP contribution in [0.2, 0.25) is 0 Å². The second-order valence-electron chi connectivity index (χ2n) is 5.75. The van der Waals surface area contributed by atoms with E-state index in [-0.39, 0.29) is 5.91 Å². The third-order valence-electron chi connectivity index (χ3n) is 4.14. The molecule has 132 valence electrons. The normalized spacial score (nSPS) is 14.9. The number of carbonyl (C=O) groups excluding carboxylic acids is 1. The van der Waals surface area contributed by atoms with Gasteiger partial charge in [0.05, 0.1) is 6.26 Å². The Kier molecular flexibility index (Phi) is 4.42. The van der Waals surface area contributed by atoms with Gasteiger partial charge in [-0.05, 0) is 30.3 Å². The van der Waals surface area contributed by atoms with Crippen molar-refractivity contribution in [1.82, 2.24) is 29.9 Å². The van der Waals surface area contributed by atoms with Crippen LogP contribution in [0.5, 0.6) is 0 Å². The van der Waals surface area contributed by atoms with Crippen LogP contribution in [0.1, 0.15) is 5.76 Å². The Bertz CT molecular complexity index is 864. The second kappa shape index (κ2) is 7.18. The van der Waals surface area contributed by atoms with E-state index in [1.54, 1.807) is 35.5 Å². The van der Waals surface area contributed by atoms with Gasteiger partial charge >= 0.3 is 0 Å². The Labute approximate surface area is 149 Å². The highest BCUT2D eigenvalue weighted by Crippen LogP contribution is 2.14. The lowest BCUT2D eigenvalue weighted by molar-refractivity contribution is -0.126. The first-order valence-electron chi connectivity index (χ1n) is 8.24. The van der Waals surface area contributed by atoms with Gasteiger partial charge in [0.25, 0.3) is 0 Å². The Balaban J connectivity index is 1.34. The molecule has 1 aliphatic heterocycles. The minimum Gasteiger partial charge on any atom is -0.465 e. The van der Waals surface area contributed by atoms with Crippen LogP contribution in [0.15, 0.2) is 53.7 Å². The van der Waals surface area contributed by atoms with Crippen molar-refractivity contribution in [2.75, 3.05) is 31.1 Å². The maximum atomic E-state index is 12.2. The first-order chi connectivity index (χ1) is 12.8. The average molecular weight is 351 g/mol. The summed E-state index contributed by atoms with van der Waals surface area (Å²) in [5.74, 6) is 2.05. The predicted molar refractivity (Wildman–Crippen MR) is 93.5 cm³/mol. The molecule has 26 heavy (non-hydrogen) atoms. The number of carbonyl (C=O) groups is 1. The fraction of sp³-hybridized carbons (Fsp3) is 0.235. The Morgan fingerprint density at radius 2 is 1.88 bits per heavy atom. The highest BCUT2D eigenvalue weighted by molar-refractivity contribution is 5.91.